The van der Waals surface area contributed by atoms with Gasteiger partial charge >= 0.3 is 22.3 Å². The van der Waals surface area contributed by atoms with Crippen molar-refractivity contribution in [1.82, 2.24) is 14.0 Å². The molecular weight excluding hydrogens is 351 g/mol. The van der Waals surface area contributed by atoms with Crippen molar-refractivity contribution >= 4 is 27.2 Å². The van der Waals surface area contributed by atoms with Crippen molar-refractivity contribution in [2.75, 3.05) is 13.1 Å². The lowest BCUT2D eigenvalue weighted by Gasteiger charge is -2.29. The Balaban J connectivity index is 1.97. The summed E-state index contributed by atoms with van der Waals surface area (Å²) in [6, 6.07) is 1.67. The summed E-state index contributed by atoms with van der Waals surface area (Å²) in [4.78, 5) is 15.8. The number of hydrogen-bond donors (Lipinski definition) is 1. The normalized spacial score (nSPS) is 16.2. The average Bonchev–Trinajstić information content (AvgIpc) is 2.76. The van der Waals surface area contributed by atoms with Crippen LogP contribution < -0.4 is 4.72 Å². The van der Waals surface area contributed by atoms with Crippen molar-refractivity contribution in [2.24, 2.45) is 0 Å². The maximum atomic E-state index is 13.1. The van der Waals surface area contributed by atoms with Crippen molar-refractivity contribution in [1.29, 1.82) is 0 Å². The van der Waals surface area contributed by atoms with E-state index in [1.807, 2.05) is 0 Å². The SMILES string of the molecule is Cc1cc(C(F)(F)F)c2cc(C(=O)NS(=O)(=O)N3CCC3)oc2n1. The van der Waals surface area contributed by atoms with Crippen molar-refractivity contribution in [3.8, 4) is 0 Å². The molecule has 0 unspecified atom stereocenters. The number of alkyl halides is 3. The zero-order valence-electron chi connectivity index (χ0n) is 12.3. The van der Waals surface area contributed by atoms with Crippen LogP contribution in [0.3, 0.4) is 0 Å². The molecule has 2 aromatic heterocycles. The van der Waals surface area contributed by atoms with Gasteiger partial charge in [-0.3, -0.25) is 4.79 Å². The van der Waals surface area contributed by atoms with Gasteiger partial charge in [0.15, 0.2) is 5.76 Å². The second kappa shape index (κ2) is 5.45. The smallest absolute Gasteiger partial charge is 0.417 e. The van der Waals surface area contributed by atoms with Crippen molar-refractivity contribution in [3.63, 3.8) is 0 Å². The lowest BCUT2D eigenvalue weighted by molar-refractivity contribution is -0.136. The third-order valence-corrected chi connectivity index (χ3v) is 5.03. The van der Waals surface area contributed by atoms with Gasteiger partial charge < -0.3 is 4.42 Å². The van der Waals surface area contributed by atoms with Gasteiger partial charge in [0.2, 0.25) is 5.71 Å². The summed E-state index contributed by atoms with van der Waals surface area (Å²) in [6.07, 6.45) is -3.98. The Kier molecular flexibility index (Phi) is 3.79. The second-order valence-electron chi connectivity index (χ2n) is 5.33. The molecule has 130 valence electrons. The first-order valence-corrected chi connectivity index (χ1v) is 8.32. The third-order valence-electron chi connectivity index (χ3n) is 3.54. The number of hydrogen-bond acceptors (Lipinski definition) is 5. The number of amides is 1. The Labute approximate surface area is 134 Å². The van der Waals surface area contributed by atoms with Gasteiger partial charge in [-0.15, -0.1) is 0 Å². The molecule has 1 aliphatic rings. The maximum Gasteiger partial charge on any atom is 0.417 e. The maximum absolute atomic E-state index is 13.1. The number of carbonyl (C=O) groups excluding carboxylic acids is 1. The quantitative estimate of drug-likeness (QED) is 0.898. The molecule has 0 aliphatic carbocycles. The van der Waals surface area contributed by atoms with E-state index in [2.05, 4.69) is 4.98 Å². The number of nitrogens with one attached hydrogen (secondary N) is 1. The van der Waals surface area contributed by atoms with Crippen LogP contribution in [0.25, 0.3) is 11.1 Å². The summed E-state index contributed by atoms with van der Waals surface area (Å²) >= 11 is 0. The Bertz CT molecular complexity index is 916. The van der Waals surface area contributed by atoms with E-state index in [1.165, 1.54) is 6.92 Å². The summed E-state index contributed by atoms with van der Waals surface area (Å²) < 4.78 is 70.7. The Morgan fingerprint density at radius 1 is 1.33 bits per heavy atom. The molecule has 0 spiro atoms. The molecule has 0 bridgehead atoms. The minimum Gasteiger partial charge on any atom is -0.433 e. The highest BCUT2D eigenvalue weighted by atomic mass is 32.2. The molecule has 0 saturated carbocycles. The van der Waals surface area contributed by atoms with Crippen LogP contribution >= 0.6 is 0 Å². The lowest BCUT2D eigenvalue weighted by atomic mass is 10.1. The van der Waals surface area contributed by atoms with Gasteiger partial charge in [-0.05, 0) is 25.5 Å². The topological polar surface area (TPSA) is 92.5 Å². The summed E-state index contributed by atoms with van der Waals surface area (Å²) in [5, 5.41) is -0.403. The van der Waals surface area contributed by atoms with Gasteiger partial charge in [0.25, 0.3) is 0 Å². The molecule has 1 fully saturated rings. The number of rotatable bonds is 3. The largest absolute Gasteiger partial charge is 0.433 e. The van der Waals surface area contributed by atoms with Crippen LogP contribution in [0.15, 0.2) is 16.5 Å². The molecule has 1 saturated heterocycles. The number of fused-ring (bicyclic) bond motifs is 1. The highest BCUT2D eigenvalue weighted by Crippen LogP contribution is 2.36. The lowest BCUT2D eigenvalue weighted by Crippen LogP contribution is -2.49. The average molecular weight is 363 g/mol. The van der Waals surface area contributed by atoms with Crippen LogP contribution in [0.1, 0.15) is 28.2 Å². The molecule has 1 amide bonds. The van der Waals surface area contributed by atoms with Crippen LogP contribution in [0.5, 0.6) is 0 Å². The van der Waals surface area contributed by atoms with Crippen LogP contribution in [0, 0.1) is 6.92 Å². The minimum atomic E-state index is -4.66. The van der Waals surface area contributed by atoms with E-state index >= 15 is 0 Å². The monoisotopic (exact) mass is 363 g/mol. The molecule has 7 nitrogen and oxygen atoms in total. The zero-order chi connectivity index (χ0) is 17.7. The van der Waals surface area contributed by atoms with Crippen LogP contribution in [0.4, 0.5) is 13.2 Å². The van der Waals surface area contributed by atoms with Crippen LogP contribution in [-0.2, 0) is 16.4 Å². The van der Waals surface area contributed by atoms with E-state index in [9.17, 15) is 26.4 Å². The van der Waals surface area contributed by atoms with Crippen LogP contribution in [-0.4, -0.2) is 36.7 Å². The first-order chi connectivity index (χ1) is 11.1. The van der Waals surface area contributed by atoms with Crippen molar-refractivity contribution < 1.29 is 30.8 Å². The number of nitrogens with zero attached hydrogens (tertiary/aromatic N) is 2. The number of pyridine rings is 1. The van der Waals surface area contributed by atoms with E-state index < -0.39 is 39.0 Å². The molecule has 0 radical (unpaired) electrons. The minimum absolute atomic E-state index is 0.0596. The van der Waals surface area contributed by atoms with E-state index in [0.29, 0.717) is 6.42 Å². The second-order valence-corrected chi connectivity index (χ2v) is 7.00. The van der Waals surface area contributed by atoms with Gasteiger partial charge in [-0.1, -0.05) is 0 Å². The number of aryl methyl sites for hydroxylation is 1. The zero-order valence-corrected chi connectivity index (χ0v) is 13.2. The summed E-state index contributed by atoms with van der Waals surface area (Å²) in [5.41, 5.74) is -1.32. The van der Waals surface area contributed by atoms with Gasteiger partial charge in [0.1, 0.15) is 0 Å². The molecule has 0 aromatic carbocycles. The summed E-state index contributed by atoms with van der Waals surface area (Å²) in [6.45, 7) is 1.91. The van der Waals surface area contributed by atoms with Crippen LogP contribution in [0.2, 0.25) is 0 Å². The highest BCUT2D eigenvalue weighted by Gasteiger charge is 2.35. The first-order valence-electron chi connectivity index (χ1n) is 6.88. The van der Waals surface area contributed by atoms with Gasteiger partial charge in [0.05, 0.1) is 10.9 Å². The Hall–Kier alpha value is -2.14. The first kappa shape index (κ1) is 16.7. The molecule has 1 aliphatic heterocycles. The predicted molar refractivity (Wildman–Crippen MR) is 76.3 cm³/mol. The van der Waals surface area contributed by atoms with E-state index in [1.54, 1.807) is 4.72 Å². The van der Waals surface area contributed by atoms with Gasteiger partial charge in [0, 0.05) is 18.8 Å². The van der Waals surface area contributed by atoms with Gasteiger partial charge in [-0.2, -0.15) is 25.9 Å². The molecular formula is C13H12F3N3O4S. The summed E-state index contributed by atoms with van der Waals surface area (Å²) in [5.74, 6) is -1.71. The molecule has 3 rings (SSSR count). The Morgan fingerprint density at radius 3 is 2.54 bits per heavy atom. The molecule has 1 N–H and O–H groups in total. The number of halogens is 3. The number of furan rings is 1. The van der Waals surface area contributed by atoms with Crippen molar-refractivity contribution in [2.45, 2.75) is 19.5 Å². The molecule has 0 atom stereocenters. The van der Waals surface area contributed by atoms with Crippen molar-refractivity contribution in [3.05, 3.63) is 29.2 Å². The molecule has 3 heterocycles. The summed E-state index contributed by atoms with van der Waals surface area (Å²) in [7, 11) is -4.02. The molecule has 11 heteroatoms. The van der Waals surface area contributed by atoms with Gasteiger partial charge in [-0.25, -0.2) is 9.71 Å². The predicted octanol–water partition coefficient (Wildman–Crippen LogP) is 1.84. The Morgan fingerprint density at radius 2 is 2.00 bits per heavy atom. The van der Waals surface area contributed by atoms with E-state index in [0.717, 1.165) is 16.4 Å². The number of aromatic nitrogens is 1. The highest BCUT2D eigenvalue weighted by molar-refractivity contribution is 7.87. The van der Waals surface area contributed by atoms with E-state index in [-0.39, 0.29) is 24.5 Å². The standard InChI is InChI=1S/C13H12F3N3O4S/c1-7-5-9(13(14,15)16)8-6-10(23-12(8)17-7)11(20)18-24(21,22)19-3-2-4-19/h5-6H,2-4H2,1H3,(H,18,20). The fourth-order valence-corrected chi connectivity index (χ4v) is 3.45. The van der Waals surface area contributed by atoms with E-state index in [4.69, 9.17) is 4.42 Å². The fraction of sp³-hybridized carbons (Fsp3) is 0.385. The molecule has 24 heavy (non-hydrogen) atoms. The molecule has 2 aromatic rings. The third kappa shape index (κ3) is 2.96. The number of carbonyl (C=O) groups is 1. The fourth-order valence-electron chi connectivity index (χ4n) is 2.24.